The number of pyridine rings is 1. The maximum atomic E-state index is 12.9. The zero-order valence-electron chi connectivity index (χ0n) is 16.1. The summed E-state index contributed by atoms with van der Waals surface area (Å²) in [5, 5.41) is 7.78. The summed E-state index contributed by atoms with van der Waals surface area (Å²) < 4.78 is 15.0. The molecule has 150 valence electrons. The molecule has 7 heteroatoms. The Morgan fingerprint density at radius 2 is 1.97 bits per heavy atom. The lowest BCUT2D eigenvalue weighted by Gasteiger charge is -2.14. The third kappa shape index (κ3) is 4.85. The summed E-state index contributed by atoms with van der Waals surface area (Å²) in [5.41, 5.74) is 4.45. The van der Waals surface area contributed by atoms with Gasteiger partial charge in [-0.05, 0) is 62.1 Å². The fraction of sp³-hybridized carbons (Fsp3) is 0.318. The topological polar surface area (TPSA) is 59.8 Å². The Kier molecular flexibility index (Phi) is 6.24. The molecule has 0 atom stereocenters. The number of amides is 1. The molecule has 4 rings (SSSR count). The summed E-state index contributed by atoms with van der Waals surface area (Å²) in [7, 11) is 0. The smallest absolute Gasteiger partial charge is 0.230 e. The first kappa shape index (κ1) is 19.6. The molecule has 0 spiro atoms. The number of benzene rings is 1. The van der Waals surface area contributed by atoms with E-state index in [1.807, 2.05) is 22.9 Å². The molecule has 1 amide bonds. The van der Waals surface area contributed by atoms with Crippen molar-refractivity contribution in [2.75, 3.05) is 12.3 Å². The Labute approximate surface area is 173 Å². The number of rotatable bonds is 7. The minimum absolute atomic E-state index is 0.0368. The molecule has 2 aromatic heterocycles. The van der Waals surface area contributed by atoms with Gasteiger partial charge in [0, 0.05) is 28.9 Å². The van der Waals surface area contributed by atoms with Crippen molar-refractivity contribution in [1.82, 2.24) is 20.1 Å². The Balaban J connectivity index is 1.35. The number of nitrogens with zero attached hydrogens (tertiary/aromatic N) is 3. The van der Waals surface area contributed by atoms with Crippen molar-refractivity contribution in [1.29, 1.82) is 0 Å². The lowest BCUT2D eigenvalue weighted by atomic mass is 9.95. The van der Waals surface area contributed by atoms with Gasteiger partial charge in [0.25, 0.3) is 0 Å². The highest BCUT2D eigenvalue weighted by Gasteiger charge is 2.22. The minimum Gasteiger partial charge on any atom is -0.354 e. The van der Waals surface area contributed by atoms with Crippen LogP contribution in [0.5, 0.6) is 0 Å². The summed E-state index contributed by atoms with van der Waals surface area (Å²) >= 11 is 1.40. The van der Waals surface area contributed by atoms with Gasteiger partial charge < -0.3 is 5.32 Å². The van der Waals surface area contributed by atoms with Crippen molar-refractivity contribution >= 4 is 17.7 Å². The van der Waals surface area contributed by atoms with Crippen LogP contribution in [0, 0.1) is 5.82 Å². The first-order valence-electron chi connectivity index (χ1n) is 9.86. The summed E-state index contributed by atoms with van der Waals surface area (Å²) in [5.74, 6) is -0.00102. The van der Waals surface area contributed by atoms with E-state index in [1.54, 1.807) is 18.3 Å². The quantitative estimate of drug-likeness (QED) is 0.601. The standard InChI is InChI=1S/C22H23FN4OS/c23-16-8-10-17(11-9-16)29-15-21(28)25-13-14-27-20-7-2-1-5-18(20)22(26-27)19-6-3-4-12-24-19/h3-4,6,8-12H,1-2,5,7,13-15H2,(H,25,28). The number of hydrogen-bond acceptors (Lipinski definition) is 4. The van der Waals surface area contributed by atoms with Crippen molar-refractivity contribution in [2.45, 2.75) is 37.1 Å². The largest absolute Gasteiger partial charge is 0.354 e. The van der Waals surface area contributed by atoms with Crippen LogP contribution in [-0.2, 0) is 24.2 Å². The molecule has 0 unspecified atom stereocenters. The second-order valence-electron chi connectivity index (χ2n) is 7.01. The summed E-state index contributed by atoms with van der Waals surface area (Å²) in [4.78, 5) is 17.5. The molecule has 0 saturated heterocycles. The number of thioether (sulfide) groups is 1. The minimum atomic E-state index is -0.272. The third-order valence-electron chi connectivity index (χ3n) is 4.99. The van der Waals surface area contributed by atoms with Crippen molar-refractivity contribution in [3.63, 3.8) is 0 Å². The van der Waals surface area contributed by atoms with E-state index in [0.29, 0.717) is 18.8 Å². The Bertz CT molecular complexity index is 972. The van der Waals surface area contributed by atoms with Gasteiger partial charge in [0.1, 0.15) is 11.5 Å². The van der Waals surface area contributed by atoms with Crippen LogP contribution in [0.25, 0.3) is 11.4 Å². The number of carbonyl (C=O) groups is 1. The predicted octanol–water partition coefficient (Wildman–Crippen LogP) is 3.87. The number of nitrogens with one attached hydrogen (secondary N) is 1. The molecule has 0 aliphatic heterocycles. The molecular formula is C22H23FN4OS. The van der Waals surface area contributed by atoms with Gasteiger partial charge in [-0.1, -0.05) is 6.07 Å². The maximum absolute atomic E-state index is 12.9. The second-order valence-corrected chi connectivity index (χ2v) is 8.06. The molecule has 5 nitrogen and oxygen atoms in total. The van der Waals surface area contributed by atoms with Gasteiger partial charge in [-0.3, -0.25) is 14.5 Å². The monoisotopic (exact) mass is 410 g/mol. The predicted molar refractivity (Wildman–Crippen MR) is 112 cm³/mol. The van der Waals surface area contributed by atoms with Gasteiger partial charge in [-0.2, -0.15) is 5.10 Å². The van der Waals surface area contributed by atoms with Crippen LogP contribution >= 0.6 is 11.8 Å². The van der Waals surface area contributed by atoms with Crippen molar-refractivity contribution < 1.29 is 9.18 Å². The number of halogens is 1. The summed E-state index contributed by atoms with van der Waals surface area (Å²) in [6.45, 7) is 1.17. The average molecular weight is 411 g/mol. The Hall–Kier alpha value is -2.67. The first-order chi connectivity index (χ1) is 14.2. The van der Waals surface area contributed by atoms with Crippen LogP contribution in [0.2, 0.25) is 0 Å². The van der Waals surface area contributed by atoms with Crippen molar-refractivity contribution in [3.05, 3.63) is 65.7 Å². The van der Waals surface area contributed by atoms with E-state index in [4.69, 9.17) is 5.10 Å². The zero-order valence-corrected chi connectivity index (χ0v) is 16.9. The molecule has 29 heavy (non-hydrogen) atoms. The van der Waals surface area contributed by atoms with Crippen LogP contribution in [-0.4, -0.2) is 33.0 Å². The van der Waals surface area contributed by atoms with E-state index >= 15 is 0 Å². The van der Waals surface area contributed by atoms with Crippen molar-refractivity contribution in [2.24, 2.45) is 0 Å². The molecule has 2 heterocycles. The van der Waals surface area contributed by atoms with Crippen LogP contribution in [0.15, 0.2) is 53.6 Å². The van der Waals surface area contributed by atoms with Gasteiger partial charge >= 0.3 is 0 Å². The molecule has 0 radical (unpaired) electrons. The molecule has 0 bridgehead atoms. The molecule has 0 fully saturated rings. The lowest BCUT2D eigenvalue weighted by Crippen LogP contribution is -2.29. The Morgan fingerprint density at radius 1 is 1.14 bits per heavy atom. The number of aromatic nitrogens is 3. The van der Waals surface area contributed by atoms with Gasteiger partial charge in [-0.15, -0.1) is 11.8 Å². The molecular weight excluding hydrogens is 387 g/mol. The fourth-order valence-corrected chi connectivity index (χ4v) is 4.32. The van der Waals surface area contributed by atoms with Gasteiger partial charge in [0.05, 0.1) is 18.0 Å². The van der Waals surface area contributed by atoms with Gasteiger partial charge in [0.2, 0.25) is 5.91 Å². The highest BCUT2D eigenvalue weighted by molar-refractivity contribution is 8.00. The maximum Gasteiger partial charge on any atom is 0.230 e. The Morgan fingerprint density at radius 3 is 2.76 bits per heavy atom. The normalized spacial score (nSPS) is 13.1. The van der Waals surface area contributed by atoms with Crippen LogP contribution in [0.1, 0.15) is 24.1 Å². The van der Waals surface area contributed by atoms with Crippen LogP contribution in [0.3, 0.4) is 0 Å². The lowest BCUT2D eigenvalue weighted by molar-refractivity contribution is -0.118. The molecule has 0 saturated carbocycles. The molecule has 1 aliphatic rings. The fourth-order valence-electron chi connectivity index (χ4n) is 3.60. The van der Waals surface area contributed by atoms with Crippen molar-refractivity contribution in [3.8, 4) is 11.4 Å². The SMILES string of the molecule is O=C(CSc1ccc(F)cc1)NCCn1nc(-c2ccccn2)c2c1CCCC2. The number of fused-ring (bicyclic) bond motifs is 1. The third-order valence-corrected chi connectivity index (χ3v) is 6.01. The van der Waals surface area contributed by atoms with E-state index < -0.39 is 0 Å². The number of hydrogen-bond donors (Lipinski definition) is 1. The van der Waals surface area contributed by atoms with E-state index in [1.165, 1.54) is 48.0 Å². The van der Waals surface area contributed by atoms with E-state index in [-0.39, 0.29) is 11.7 Å². The van der Waals surface area contributed by atoms with Gasteiger partial charge in [-0.25, -0.2) is 4.39 Å². The highest BCUT2D eigenvalue weighted by Crippen LogP contribution is 2.30. The molecule has 1 aliphatic carbocycles. The second kappa shape index (κ2) is 9.22. The van der Waals surface area contributed by atoms with E-state index in [2.05, 4.69) is 10.3 Å². The molecule has 1 aromatic carbocycles. The van der Waals surface area contributed by atoms with Crippen LogP contribution < -0.4 is 5.32 Å². The average Bonchev–Trinajstić information content (AvgIpc) is 3.13. The number of carbonyl (C=O) groups excluding carboxylic acids is 1. The van der Waals surface area contributed by atoms with Crippen LogP contribution in [0.4, 0.5) is 4.39 Å². The summed E-state index contributed by atoms with van der Waals surface area (Å²) in [6, 6.07) is 12.1. The van der Waals surface area contributed by atoms with Gasteiger partial charge in [0.15, 0.2) is 0 Å². The highest BCUT2D eigenvalue weighted by atomic mass is 32.2. The zero-order chi connectivity index (χ0) is 20.1. The molecule has 1 N–H and O–H groups in total. The van der Waals surface area contributed by atoms with E-state index in [0.717, 1.165) is 29.1 Å². The summed E-state index contributed by atoms with van der Waals surface area (Å²) in [6.07, 6.45) is 6.19. The first-order valence-corrected chi connectivity index (χ1v) is 10.8. The molecule has 3 aromatic rings. The van der Waals surface area contributed by atoms with E-state index in [9.17, 15) is 9.18 Å².